The first-order valence-electron chi connectivity index (χ1n) is 7.82. The van der Waals surface area contributed by atoms with Crippen LogP contribution in [0.3, 0.4) is 0 Å². The molecule has 0 aliphatic heterocycles. The van der Waals surface area contributed by atoms with Gasteiger partial charge in [-0.15, -0.1) is 0 Å². The summed E-state index contributed by atoms with van der Waals surface area (Å²) in [6.45, 7) is -0.237. The molecule has 2 aromatic rings. The van der Waals surface area contributed by atoms with Crippen molar-refractivity contribution >= 4 is 17.8 Å². The highest BCUT2D eigenvalue weighted by Gasteiger charge is 2.11. The summed E-state index contributed by atoms with van der Waals surface area (Å²) in [4.78, 5) is 34.7. The van der Waals surface area contributed by atoms with Gasteiger partial charge in [-0.05, 0) is 29.3 Å². The van der Waals surface area contributed by atoms with Gasteiger partial charge in [0, 0.05) is 6.54 Å². The second-order valence-electron chi connectivity index (χ2n) is 5.39. The number of benzene rings is 2. The molecule has 0 bridgehead atoms. The van der Waals surface area contributed by atoms with Gasteiger partial charge in [-0.1, -0.05) is 30.3 Å². The summed E-state index contributed by atoms with van der Waals surface area (Å²) in [7, 11) is 1.30. The van der Waals surface area contributed by atoms with Crippen molar-refractivity contribution in [2.24, 2.45) is 0 Å². The van der Waals surface area contributed by atoms with Crippen LogP contribution < -0.4 is 5.32 Å². The van der Waals surface area contributed by atoms with Crippen molar-refractivity contribution in [3.63, 3.8) is 0 Å². The molecule has 0 aromatic heterocycles. The van der Waals surface area contributed by atoms with Gasteiger partial charge < -0.3 is 14.8 Å². The highest BCUT2D eigenvalue weighted by Crippen LogP contribution is 2.08. The number of carbonyl (C=O) groups is 3. The van der Waals surface area contributed by atoms with Crippen molar-refractivity contribution in [1.82, 2.24) is 5.32 Å². The highest BCUT2D eigenvalue weighted by molar-refractivity contribution is 5.89. The van der Waals surface area contributed by atoms with E-state index in [1.54, 1.807) is 30.3 Å². The van der Waals surface area contributed by atoms with Crippen molar-refractivity contribution in [2.75, 3.05) is 13.7 Å². The first kappa shape index (κ1) is 19.1. The summed E-state index contributed by atoms with van der Waals surface area (Å²) >= 11 is 0. The van der Waals surface area contributed by atoms with Gasteiger partial charge in [-0.2, -0.15) is 0 Å². The van der Waals surface area contributed by atoms with Crippen LogP contribution in [0.1, 0.15) is 21.5 Å². The van der Waals surface area contributed by atoms with Crippen LogP contribution in [0.2, 0.25) is 0 Å². The molecule has 2 aromatic carbocycles. The predicted molar refractivity (Wildman–Crippen MR) is 90.7 cm³/mol. The second-order valence-corrected chi connectivity index (χ2v) is 5.39. The van der Waals surface area contributed by atoms with Crippen LogP contribution >= 0.6 is 0 Å². The standard InChI is InChI=1S/C19H18FNO5/c1-25-19(24)14-8-6-13(7-9-14)11-21-17(22)12-26-18(23)10-15-4-2-3-5-16(15)20/h2-9H,10-12H2,1H3,(H,21,22). The molecule has 0 spiro atoms. The second kappa shape index (κ2) is 9.31. The summed E-state index contributed by atoms with van der Waals surface area (Å²) in [5.41, 5.74) is 1.39. The van der Waals surface area contributed by atoms with Gasteiger partial charge in [0.25, 0.3) is 5.91 Å². The van der Waals surface area contributed by atoms with Gasteiger partial charge in [0.15, 0.2) is 6.61 Å². The molecule has 0 radical (unpaired) electrons. The SMILES string of the molecule is COC(=O)c1ccc(CNC(=O)COC(=O)Cc2ccccc2F)cc1. The Morgan fingerprint density at radius 3 is 2.38 bits per heavy atom. The normalized spacial score (nSPS) is 10.1. The van der Waals surface area contributed by atoms with Crippen molar-refractivity contribution < 1.29 is 28.2 Å². The van der Waals surface area contributed by atoms with Gasteiger partial charge in [0.05, 0.1) is 19.1 Å². The fourth-order valence-electron chi connectivity index (χ4n) is 2.12. The zero-order valence-electron chi connectivity index (χ0n) is 14.2. The van der Waals surface area contributed by atoms with Crippen LogP contribution in [-0.2, 0) is 32.0 Å². The van der Waals surface area contributed by atoms with Gasteiger partial charge in [-0.25, -0.2) is 9.18 Å². The Bertz CT molecular complexity index is 789. The average Bonchev–Trinajstić information content (AvgIpc) is 2.66. The molecule has 0 saturated carbocycles. The number of halogens is 1. The molecular weight excluding hydrogens is 341 g/mol. The molecule has 26 heavy (non-hydrogen) atoms. The molecule has 2 rings (SSSR count). The first-order valence-corrected chi connectivity index (χ1v) is 7.82. The van der Waals surface area contributed by atoms with E-state index in [2.05, 4.69) is 10.1 Å². The minimum Gasteiger partial charge on any atom is -0.465 e. The number of esters is 2. The molecule has 7 heteroatoms. The summed E-state index contributed by atoms with van der Waals surface area (Å²) in [6, 6.07) is 12.4. The van der Waals surface area contributed by atoms with Crippen molar-refractivity contribution in [2.45, 2.75) is 13.0 Å². The number of hydrogen-bond acceptors (Lipinski definition) is 5. The fraction of sp³-hybridized carbons (Fsp3) is 0.211. The third-order valence-electron chi connectivity index (χ3n) is 3.52. The maximum Gasteiger partial charge on any atom is 0.337 e. The van der Waals surface area contributed by atoms with E-state index in [0.717, 1.165) is 5.56 Å². The lowest BCUT2D eigenvalue weighted by Gasteiger charge is -2.08. The molecule has 6 nitrogen and oxygen atoms in total. The molecule has 1 amide bonds. The molecule has 0 atom stereocenters. The summed E-state index contributed by atoms with van der Waals surface area (Å²) in [5, 5.41) is 2.59. The van der Waals surface area contributed by atoms with Crippen LogP contribution in [-0.4, -0.2) is 31.6 Å². The van der Waals surface area contributed by atoms with Crippen LogP contribution in [0.4, 0.5) is 4.39 Å². The van der Waals surface area contributed by atoms with Crippen LogP contribution in [0.15, 0.2) is 48.5 Å². The Labute approximate surface area is 149 Å². The largest absolute Gasteiger partial charge is 0.465 e. The number of amides is 1. The average molecular weight is 359 g/mol. The van der Waals surface area contributed by atoms with Gasteiger partial charge in [-0.3, -0.25) is 9.59 Å². The first-order chi connectivity index (χ1) is 12.5. The van der Waals surface area contributed by atoms with Gasteiger partial charge in [0.1, 0.15) is 5.82 Å². The van der Waals surface area contributed by atoms with Crippen molar-refractivity contribution in [3.8, 4) is 0 Å². The Hall–Kier alpha value is -3.22. The number of nitrogens with one attached hydrogen (secondary N) is 1. The zero-order valence-corrected chi connectivity index (χ0v) is 14.2. The van der Waals surface area contributed by atoms with E-state index in [1.165, 1.54) is 25.3 Å². The van der Waals surface area contributed by atoms with Crippen LogP contribution in [0, 0.1) is 5.82 Å². The Kier molecular flexibility index (Phi) is 6.84. The van der Waals surface area contributed by atoms with Crippen molar-refractivity contribution in [1.29, 1.82) is 0 Å². The lowest BCUT2D eigenvalue weighted by atomic mass is 10.1. The minimum absolute atomic E-state index is 0.212. The fourth-order valence-corrected chi connectivity index (χ4v) is 2.12. The lowest BCUT2D eigenvalue weighted by Crippen LogP contribution is -2.28. The van der Waals surface area contributed by atoms with Crippen LogP contribution in [0.5, 0.6) is 0 Å². The number of ether oxygens (including phenoxy) is 2. The Balaban J connectivity index is 1.74. The maximum absolute atomic E-state index is 13.4. The summed E-state index contributed by atoms with van der Waals surface area (Å²) in [5.74, 6) is -2.11. The van der Waals surface area contributed by atoms with Gasteiger partial charge >= 0.3 is 11.9 Å². The number of carbonyl (C=O) groups excluding carboxylic acids is 3. The molecule has 0 saturated heterocycles. The van der Waals surface area contributed by atoms with E-state index in [4.69, 9.17) is 4.74 Å². The van der Waals surface area contributed by atoms with Gasteiger partial charge in [0.2, 0.25) is 0 Å². The number of methoxy groups -OCH3 is 1. The Morgan fingerprint density at radius 1 is 1.04 bits per heavy atom. The molecule has 0 unspecified atom stereocenters. The monoisotopic (exact) mass is 359 g/mol. The highest BCUT2D eigenvalue weighted by atomic mass is 19.1. The molecule has 1 N–H and O–H groups in total. The topological polar surface area (TPSA) is 81.7 Å². The van der Waals surface area contributed by atoms with E-state index in [9.17, 15) is 18.8 Å². The molecule has 0 fully saturated rings. The molecule has 0 aliphatic rings. The maximum atomic E-state index is 13.4. The zero-order chi connectivity index (χ0) is 18.9. The van der Waals surface area contributed by atoms with E-state index in [0.29, 0.717) is 5.56 Å². The molecule has 0 aliphatic carbocycles. The number of hydrogen-bond donors (Lipinski definition) is 1. The van der Waals surface area contributed by atoms with E-state index in [-0.39, 0.29) is 18.5 Å². The smallest absolute Gasteiger partial charge is 0.337 e. The third kappa shape index (κ3) is 5.70. The Morgan fingerprint density at radius 2 is 1.73 bits per heavy atom. The summed E-state index contributed by atoms with van der Waals surface area (Å²) < 4.78 is 22.9. The molecule has 136 valence electrons. The van der Waals surface area contributed by atoms with E-state index >= 15 is 0 Å². The third-order valence-corrected chi connectivity index (χ3v) is 3.52. The molecular formula is C19H18FNO5. The predicted octanol–water partition coefficient (Wildman–Crippen LogP) is 2.01. The van der Waals surface area contributed by atoms with E-state index in [1.807, 2.05) is 0 Å². The minimum atomic E-state index is -0.687. The van der Waals surface area contributed by atoms with E-state index < -0.39 is 30.3 Å². The lowest BCUT2D eigenvalue weighted by molar-refractivity contribution is -0.147. The quantitative estimate of drug-likeness (QED) is 0.765. The summed E-state index contributed by atoms with van der Waals surface area (Å²) in [6.07, 6.45) is -0.241. The molecule has 0 heterocycles. The number of rotatable bonds is 7. The van der Waals surface area contributed by atoms with Crippen LogP contribution in [0.25, 0.3) is 0 Å². The van der Waals surface area contributed by atoms with Crippen molar-refractivity contribution in [3.05, 3.63) is 71.0 Å².